The standard InChI is InChI=1S/C25H25N5O5/c1-2-28-16-27-23-22(28)24(32)30(25(33)29(23)13-17-8-4-3-5-9-17)14-21(31)26-12-18-15-34-19-10-6-7-11-20(19)35-18/h3-11,16,18H,2,12-15H2,1H3,(H,26,31)/t18-/m1/s1. The van der Waals surface area contributed by atoms with Crippen LogP contribution in [0.4, 0.5) is 0 Å². The number of amides is 1. The van der Waals surface area contributed by atoms with Crippen molar-refractivity contribution in [1.29, 1.82) is 0 Å². The van der Waals surface area contributed by atoms with Gasteiger partial charge in [0.25, 0.3) is 5.56 Å². The third-order valence-electron chi connectivity index (χ3n) is 5.90. The van der Waals surface area contributed by atoms with Gasteiger partial charge in [0, 0.05) is 6.54 Å². The summed E-state index contributed by atoms with van der Waals surface area (Å²) in [5.74, 6) is 0.789. The highest BCUT2D eigenvalue weighted by molar-refractivity contribution is 5.76. The Morgan fingerprint density at radius 3 is 2.57 bits per heavy atom. The summed E-state index contributed by atoms with van der Waals surface area (Å²) in [6, 6.07) is 16.7. The molecule has 5 rings (SSSR count). The average Bonchev–Trinajstić information content (AvgIpc) is 3.32. The van der Waals surface area contributed by atoms with Gasteiger partial charge in [-0.15, -0.1) is 0 Å². The molecule has 0 saturated heterocycles. The van der Waals surface area contributed by atoms with Crippen molar-refractivity contribution in [2.24, 2.45) is 0 Å². The van der Waals surface area contributed by atoms with E-state index < -0.39 is 23.7 Å². The molecule has 35 heavy (non-hydrogen) atoms. The molecule has 1 atom stereocenters. The number of ether oxygens (including phenoxy) is 2. The van der Waals surface area contributed by atoms with Crippen molar-refractivity contribution >= 4 is 17.1 Å². The molecule has 0 saturated carbocycles. The summed E-state index contributed by atoms with van der Waals surface area (Å²) in [5, 5.41) is 2.75. The molecule has 10 nitrogen and oxygen atoms in total. The van der Waals surface area contributed by atoms with Gasteiger partial charge in [-0.1, -0.05) is 42.5 Å². The van der Waals surface area contributed by atoms with E-state index in [1.165, 1.54) is 10.9 Å². The van der Waals surface area contributed by atoms with Crippen LogP contribution in [0.3, 0.4) is 0 Å². The third-order valence-corrected chi connectivity index (χ3v) is 5.90. The molecule has 0 fully saturated rings. The number of nitrogens with zero attached hydrogens (tertiary/aromatic N) is 4. The first kappa shape index (κ1) is 22.5. The van der Waals surface area contributed by atoms with Crippen molar-refractivity contribution in [3.63, 3.8) is 0 Å². The molecule has 180 valence electrons. The molecular formula is C25H25N5O5. The smallest absolute Gasteiger partial charge is 0.333 e. The number of aryl methyl sites for hydroxylation is 1. The van der Waals surface area contributed by atoms with Crippen LogP contribution in [-0.4, -0.2) is 43.8 Å². The lowest BCUT2D eigenvalue weighted by Crippen LogP contribution is -2.46. The van der Waals surface area contributed by atoms with Crippen molar-refractivity contribution in [1.82, 2.24) is 24.0 Å². The third kappa shape index (κ3) is 4.42. The molecule has 3 heterocycles. The number of fused-ring (bicyclic) bond motifs is 2. The van der Waals surface area contributed by atoms with Crippen molar-refractivity contribution in [3.8, 4) is 11.5 Å². The Hall–Kier alpha value is -4.34. The lowest BCUT2D eigenvalue weighted by molar-refractivity contribution is -0.122. The number of aromatic nitrogens is 4. The lowest BCUT2D eigenvalue weighted by atomic mass is 10.2. The first-order valence-electron chi connectivity index (χ1n) is 11.4. The van der Waals surface area contributed by atoms with E-state index in [-0.39, 0.29) is 31.3 Å². The first-order valence-corrected chi connectivity index (χ1v) is 11.4. The highest BCUT2D eigenvalue weighted by atomic mass is 16.6. The SMILES string of the molecule is CCn1cnc2c1c(=O)n(CC(=O)NC[C@@H]1COc3ccccc3O1)c(=O)n2Cc1ccccc1. The Balaban J connectivity index is 1.39. The number of carbonyl (C=O) groups is 1. The van der Waals surface area contributed by atoms with Crippen molar-refractivity contribution < 1.29 is 14.3 Å². The Morgan fingerprint density at radius 1 is 1.06 bits per heavy atom. The summed E-state index contributed by atoms with van der Waals surface area (Å²) in [4.78, 5) is 43.7. The molecule has 0 spiro atoms. The van der Waals surface area contributed by atoms with Gasteiger partial charge >= 0.3 is 5.69 Å². The summed E-state index contributed by atoms with van der Waals surface area (Å²) in [6.45, 7) is 2.65. The van der Waals surface area contributed by atoms with Gasteiger partial charge in [0.05, 0.1) is 19.4 Å². The Kier molecular flexibility index (Phi) is 6.09. The summed E-state index contributed by atoms with van der Waals surface area (Å²) < 4.78 is 15.6. The number of carbonyl (C=O) groups excluding carboxylic acids is 1. The number of para-hydroxylation sites is 2. The molecule has 1 N–H and O–H groups in total. The van der Waals surface area contributed by atoms with E-state index in [0.717, 1.165) is 10.1 Å². The molecule has 4 aromatic rings. The number of hydrogen-bond donors (Lipinski definition) is 1. The monoisotopic (exact) mass is 475 g/mol. The van der Waals surface area contributed by atoms with Gasteiger partial charge in [0.2, 0.25) is 5.91 Å². The molecular weight excluding hydrogens is 450 g/mol. The average molecular weight is 476 g/mol. The van der Waals surface area contributed by atoms with E-state index in [4.69, 9.17) is 9.47 Å². The van der Waals surface area contributed by atoms with Crippen LogP contribution in [-0.2, 0) is 24.4 Å². The zero-order chi connectivity index (χ0) is 24.4. The maximum atomic E-state index is 13.3. The largest absolute Gasteiger partial charge is 0.486 e. The van der Waals surface area contributed by atoms with Crippen LogP contribution in [0.2, 0.25) is 0 Å². The van der Waals surface area contributed by atoms with Gasteiger partial charge in [0.1, 0.15) is 19.3 Å². The molecule has 1 amide bonds. The molecule has 0 aliphatic carbocycles. The van der Waals surface area contributed by atoms with Crippen LogP contribution in [0, 0.1) is 0 Å². The maximum Gasteiger partial charge on any atom is 0.333 e. The highest BCUT2D eigenvalue weighted by Gasteiger charge is 2.23. The van der Waals surface area contributed by atoms with E-state index in [0.29, 0.717) is 23.7 Å². The van der Waals surface area contributed by atoms with E-state index in [1.54, 1.807) is 10.6 Å². The minimum absolute atomic E-state index is 0.176. The van der Waals surface area contributed by atoms with Crippen molar-refractivity contribution in [2.45, 2.75) is 32.7 Å². The predicted molar refractivity (Wildman–Crippen MR) is 129 cm³/mol. The summed E-state index contributed by atoms with van der Waals surface area (Å²) in [5.41, 5.74) is 0.334. The van der Waals surface area contributed by atoms with Gasteiger partial charge in [-0.2, -0.15) is 0 Å². The van der Waals surface area contributed by atoms with Gasteiger partial charge < -0.3 is 19.4 Å². The number of nitrogens with one attached hydrogen (secondary N) is 1. The molecule has 1 aliphatic rings. The Morgan fingerprint density at radius 2 is 1.80 bits per heavy atom. The zero-order valence-corrected chi connectivity index (χ0v) is 19.2. The topological polar surface area (TPSA) is 109 Å². The second kappa shape index (κ2) is 9.49. The van der Waals surface area contributed by atoms with Gasteiger partial charge in [-0.05, 0) is 24.6 Å². The predicted octanol–water partition coefficient (Wildman–Crippen LogP) is 1.38. The first-order chi connectivity index (χ1) is 17.0. The van der Waals surface area contributed by atoms with Crippen LogP contribution < -0.4 is 26.0 Å². The van der Waals surface area contributed by atoms with E-state index in [1.807, 2.05) is 55.5 Å². The van der Waals surface area contributed by atoms with Crippen LogP contribution in [0.1, 0.15) is 12.5 Å². The van der Waals surface area contributed by atoms with Crippen molar-refractivity contribution in [2.75, 3.05) is 13.2 Å². The summed E-state index contributed by atoms with van der Waals surface area (Å²) >= 11 is 0. The van der Waals surface area contributed by atoms with E-state index in [9.17, 15) is 14.4 Å². The summed E-state index contributed by atoms with van der Waals surface area (Å²) in [6.07, 6.45) is 1.15. The quantitative estimate of drug-likeness (QED) is 0.433. The highest BCUT2D eigenvalue weighted by Crippen LogP contribution is 2.30. The fraction of sp³-hybridized carbons (Fsp3) is 0.280. The van der Waals surface area contributed by atoms with Crippen LogP contribution in [0.15, 0.2) is 70.5 Å². The molecule has 1 aliphatic heterocycles. The van der Waals surface area contributed by atoms with Crippen molar-refractivity contribution in [3.05, 3.63) is 87.3 Å². The lowest BCUT2D eigenvalue weighted by Gasteiger charge is -2.26. The number of benzene rings is 2. The molecule has 0 bridgehead atoms. The fourth-order valence-corrected chi connectivity index (χ4v) is 4.12. The number of imidazole rings is 1. The summed E-state index contributed by atoms with van der Waals surface area (Å²) in [7, 11) is 0. The molecule has 2 aromatic heterocycles. The maximum absolute atomic E-state index is 13.3. The minimum Gasteiger partial charge on any atom is -0.486 e. The van der Waals surface area contributed by atoms with E-state index >= 15 is 0 Å². The minimum atomic E-state index is -0.589. The van der Waals surface area contributed by atoms with Gasteiger partial charge in [0.15, 0.2) is 22.7 Å². The molecule has 0 unspecified atom stereocenters. The van der Waals surface area contributed by atoms with Crippen LogP contribution in [0.25, 0.3) is 11.2 Å². The zero-order valence-electron chi connectivity index (χ0n) is 19.2. The fourth-order valence-electron chi connectivity index (χ4n) is 4.12. The number of hydrogen-bond acceptors (Lipinski definition) is 6. The normalized spacial score (nSPS) is 14.7. The molecule has 2 aromatic carbocycles. The number of rotatable bonds is 7. The second-order valence-electron chi connectivity index (χ2n) is 8.25. The Bertz CT molecular complexity index is 1490. The van der Waals surface area contributed by atoms with Crippen LogP contribution in [0.5, 0.6) is 11.5 Å². The van der Waals surface area contributed by atoms with Gasteiger partial charge in [-0.25, -0.2) is 14.3 Å². The molecule has 10 heteroatoms. The van der Waals surface area contributed by atoms with Gasteiger partial charge in [-0.3, -0.25) is 14.2 Å². The molecule has 0 radical (unpaired) electrons. The van der Waals surface area contributed by atoms with E-state index in [2.05, 4.69) is 10.3 Å². The second-order valence-corrected chi connectivity index (χ2v) is 8.25. The van der Waals surface area contributed by atoms with Crippen LogP contribution >= 0.6 is 0 Å². The Labute approximate surface area is 200 Å².